The highest BCUT2D eigenvalue weighted by atomic mass is 16.3. The van der Waals surface area contributed by atoms with Crippen molar-refractivity contribution < 1.29 is 9.21 Å². The van der Waals surface area contributed by atoms with E-state index in [0.29, 0.717) is 16.7 Å². The minimum atomic E-state index is -0.520. The van der Waals surface area contributed by atoms with E-state index in [2.05, 4.69) is 0 Å². The molecule has 4 nitrogen and oxygen atoms in total. The van der Waals surface area contributed by atoms with Gasteiger partial charge in [-0.3, -0.25) is 9.59 Å². The van der Waals surface area contributed by atoms with Gasteiger partial charge in [0.15, 0.2) is 5.43 Å². The monoisotopic (exact) mass is 203 g/mol. The molecule has 1 aromatic carbocycles. The minimum absolute atomic E-state index is 0.0555. The summed E-state index contributed by atoms with van der Waals surface area (Å²) in [4.78, 5) is 22.2. The van der Waals surface area contributed by atoms with Crippen molar-refractivity contribution in [2.75, 3.05) is 0 Å². The first-order valence-electron chi connectivity index (χ1n) is 4.47. The number of hydrogen-bond donors (Lipinski definition) is 1. The highest BCUT2D eigenvalue weighted by Crippen LogP contribution is 2.11. The third kappa shape index (κ3) is 1.88. The van der Waals surface area contributed by atoms with E-state index in [0.717, 1.165) is 0 Å². The highest BCUT2D eigenvalue weighted by Gasteiger charge is 2.05. The molecule has 15 heavy (non-hydrogen) atoms. The summed E-state index contributed by atoms with van der Waals surface area (Å²) in [5, 5.41) is 0.505. The van der Waals surface area contributed by atoms with Gasteiger partial charge in [-0.2, -0.15) is 0 Å². The van der Waals surface area contributed by atoms with Crippen molar-refractivity contribution >= 4 is 16.9 Å². The number of hydrogen-bond acceptors (Lipinski definition) is 3. The zero-order chi connectivity index (χ0) is 10.8. The van der Waals surface area contributed by atoms with Gasteiger partial charge < -0.3 is 10.2 Å². The quantitative estimate of drug-likeness (QED) is 0.785. The van der Waals surface area contributed by atoms with Crippen LogP contribution in [0.3, 0.4) is 0 Å². The van der Waals surface area contributed by atoms with E-state index >= 15 is 0 Å². The summed E-state index contributed by atoms with van der Waals surface area (Å²) in [6.45, 7) is 0. The molecule has 0 bridgehead atoms. The zero-order valence-corrected chi connectivity index (χ0v) is 7.90. The molecule has 0 unspecified atom stereocenters. The number of fused-ring (bicyclic) bond motifs is 1. The maximum atomic E-state index is 11.6. The number of primary amides is 1. The van der Waals surface area contributed by atoms with Crippen molar-refractivity contribution in [3.8, 4) is 0 Å². The topological polar surface area (TPSA) is 73.3 Å². The molecule has 2 aromatic rings. The first kappa shape index (κ1) is 9.45. The van der Waals surface area contributed by atoms with Crippen LogP contribution in [-0.4, -0.2) is 5.91 Å². The van der Waals surface area contributed by atoms with Gasteiger partial charge in [0.2, 0.25) is 5.91 Å². The summed E-state index contributed by atoms with van der Waals surface area (Å²) in [5.41, 5.74) is 5.33. The fraction of sp³-hybridized carbons (Fsp3) is 0.0909. The second-order valence-corrected chi connectivity index (χ2v) is 3.22. The lowest BCUT2D eigenvalue weighted by Gasteiger charge is -1.99. The SMILES string of the molecule is NC(=O)Cc1cc(=O)c2ccccc2o1. The maximum Gasteiger partial charge on any atom is 0.225 e. The van der Waals surface area contributed by atoms with Crippen LogP contribution < -0.4 is 11.2 Å². The molecule has 0 saturated heterocycles. The molecule has 2 N–H and O–H groups in total. The molecule has 0 atom stereocenters. The number of benzene rings is 1. The second kappa shape index (κ2) is 3.57. The predicted octanol–water partition coefficient (Wildman–Crippen LogP) is 0.821. The van der Waals surface area contributed by atoms with Crippen molar-refractivity contribution in [3.63, 3.8) is 0 Å². The van der Waals surface area contributed by atoms with Crippen LogP contribution in [0.2, 0.25) is 0 Å². The lowest BCUT2D eigenvalue weighted by atomic mass is 10.2. The van der Waals surface area contributed by atoms with E-state index in [1.807, 2.05) is 0 Å². The lowest BCUT2D eigenvalue weighted by Crippen LogP contribution is -2.15. The summed E-state index contributed by atoms with van der Waals surface area (Å²) >= 11 is 0. The second-order valence-electron chi connectivity index (χ2n) is 3.22. The smallest absolute Gasteiger partial charge is 0.225 e. The van der Waals surface area contributed by atoms with Crippen molar-refractivity contribution in [2.45, 2.75) is 6.42 Å². The predicted molar refractivity (Wildman–Crippen MR) is 55.4 cm³/mol. The van der Waals surface area contributed by atoms with Gasteiger partial charge in [-0.15, -0.1) is 0 Å². The Balaban J connectivity index is 2.62. The molecule has 0 aliphatic carbocycles. The van der Waals surface area contributed by atoms with Gasteiger partial charge in [-0.25, -0.2) is 0 Å². The Morgan fingerprint density at radius 2 is 2.07 bits per heavy atom. The summed E-state index contributed by atoms with van der Waals surface area (Å²) in [6.07, 6.45) is -0.0555. The third-order valence-corrected chi connectivity index (χ3v) is 2.03. The van der Waals surface area contributed by atoms with Crippen molar-refractivity contribution in [1.82, 2.24) is 0 Å². The zero-order valence-electron chi connectivity index (χ0n) is 7.90. The average Bonchev–Trinajstić information content (AvgIpc) is 2.16. The Kier molecular flexibility index (Phi) is 2.25. The summed E-state index contributed by atoms with van der Waals surface area (Å²) in [6, 6.07) is 8.18. The number of carbonyl (C=O) groups is 1. The lowest BCUT2D eigenvalue weighted by molar-refractivity contribution is -0.117. The molecule has 1 amide bonds. The fourth-order valence-corrected chi connectivity index (χ4v) is 1.41. The van der Waals surface area contributed by atoms with E-state index in [1.165, 1.54) is 6.07 Å². The molecule has 2 rings (SSSR count). The van der Waals surface area contributed by atoms with Crippen LogP contribution in [0.25, 0.3) is 11.0 Å². The molecular weight excluding hydrogens is 194 g/mol. The molecule has 1 heterocycles. The van der Waals surface area contributed by atoms with Gasteiger partial charge >= 0.3 is 0 Å². The standard InChI is InChI=1S/C11H9NO3/c12-11(14)6-7-5-9(13)8-3-1-2-4-10(8)15-7/h1-5H,6H2,(H2,12,14). The Morgan fingerprint density at radius 3 is 2.80 bits per heavy atom. The van der Waals surface area contributed by atoms with Crippen LogP contribution in [0.15, 0.2) is 39.5 Å². The molecule has 0 radical (unpaired) electrons. The molecule has 4 heteroatoms. The van der Waals surface area contributed by atoms with Crippen LogP contribution in [0.4, 0.5) is 0 Å². The Hall–Kier alpha value is -2.10. The normalized spacial score (nSPS) is 10.4. The van der Waals surface area contributed by atoms with E-state index < -0.39 is 5.91 Å². The molecule has 0 saturated carbocycles. The van der Waals surface area contributed by atoms with Crippen LogP contribution in [-0.2, 0) is 11.2 Å². The van der Waals surface area contributed by atoms with Gasteiger partial charge in [0, 0.05) is 6.07 Å². The van der Waals surface area contributed by atoms with Crippen molar-refractivity contribution in [1.29, 1.82) is 0 Å². The van der Waals surface area contributed by atoms with Gasteiger partial charge in [0.05, 0.1) is 11.8 Å². The molecule has 0 fully saturated rings. The number of amides is 1. The van der Waals surface area contributed by atoms with Crippen molar-refractivity contribution in [3.05, 3.63) is 46.3 Å². The third-order valence-electron chi connectivity index (χ3n) is 2.03. The molecule has 0 aliphatic rings. The highest BCUT2D eigenvalue weighted by molar-refractivity contribution is 5.78. The fourth-order valence-electron chi connectivity index (χ4n) is 1.41. The van der Waals surface area contributed by atoms with Gasteiger partial charge in [-0.1, -0.05) is 12.1 Å². The van der Waals surface area contributed by atoms with E-state index in [9.17, 15) is 9.59 Å². The van der Waals surface area contributed by atoms with E-state index in [-0.39, 0.29) is 11.8 Å². The van der Waals surface area contributed by atoms with Gasteiger partial charge in [0.1, 0.15) is 11.3 Å². The Morgan fingerprint density at radius 1 is 1.33 bits per heavy atom. The number of carbonyl (C=O) groups excluding carboxylic acids is 1. The van der Waals surface area contributed by atoms with Crippen LogP contribution in [0.1, 0.15) is 5.76 Å². The van der Waals surface area contributed by atoms with Crippen LogP contribution >= 0.6 is 0 Å². The van der Waals surface area contributed by atoms with Crippen molar-refractivity contribution in [2.24, 2.45) is 5.73 Å². The maximum absolute atomic E-state index is 11.6. The van der Waals surface area contributed by atoms with Gasteiger partial charge in [-0.05, 0) is 12.1 Å². The molecule has 1 aromatic heterocycles. The Bertz CT molecular complexity index is 571. The van der Waals surface area contributed by atoms with Crippen LogP contribution in [0.5, 0.6) is 0 Å². The van der Waals surface area contributed by atoms with Crippen LogP contribution in [0, 0.1) is 0 Å². The van der Waals surface area contributed by atoms with E-state index in [1.54, 1.807) is 24.3 Å². The first-order valence-corrected chi connectivity index (χ1v) is 4.47. The van der Waals surface area contributed by atoms with Gasteiger partial charge in [0.25, 0.3) is 0 Å². The molecule has 76 valence electrons. The largest absolute Gasteiger partial charge is 0.460 e. The number of nitrogens with two attached hydrogens (primary N) is 1. The summed E-state index contributed by atoms with van der Waals surface area (Å²) in [5.74, 6) is -0.223. The minimum Gasteiger partial charge on any atom is -0.460 e. The number of para-hydroxylation sites is 1. The molecular formula is C11H9NO3. The van der Waals surface area contributed by atoms with E-state index in [4.69, 9.17) is 10.2 Å². The summed E-state index contributed by atoms with van der Waals surface area (Å²) in [7, 11) is 0. The number of rotatable bonds is 2. The molecule has 0 spiro atoms. The Labute approximate surface area is 85.3 Å². The average molecular weight is 203 g/mol. The summed E-state index contributed by atoms with van der Waals surface area (Å²) < 4.78 is 5.35. The first-order chi connectivity index (χ1) is 7.16. The molecule has 0 aliphatic heterocycles.